The molecule has 0 fully saturated rings. The second-order valence-corrected chi connectivity index (χ2v) is 8.33. The molecule has 0 bridgehead atoms. The van der Waals surface area contributed by atoms with Crippen molar-refractivity contribution < 1.29 is 13.9 Å². The number of nitrogens with one attached hydrogen (secondary N) is 1. The number of rotatable bonds is 5. The van der Waals surface area contributed by atoms with Crippen molar-refractivity contribution >= 4 is 11.9 Å². The molecule has 1 aliphatic rings. The Labute approximate surface area is 186 Å². The van der Waals surface area contributed by atoms with Gasteiger partial charge in [-0.25, -0.2) is 19.3 Å². The average Bonchev–Trinajstić information content (AvgIpc) is 2.74. The number of halogens is 1. The van der Waals surface area contributed by atoms with E-state index in [9.17, 15) is 9.18 Å². The molecule has 2 aromatic heterocycles. The van der Waals surface area contributed by atoms with Crippen LogP contribution in [0, 0.1) is 18.7 Å². The number of pyridine rings is 1. The number of carbonyl (C=O) groups excluding carboxylic acids is 1. The van der Waals surface area contributed by atoms with Crippen molar-refractivity contribution in [3.63, 3.8) is 0 Å². The Hall–Kier alpha value is -3.55. The monoisotopic (exact) mass is 435 g/mol. The molecule has 3 heterocycles. The van der Waals surface area contributed by atoms with Crippen molar-refractivity contribution in [2.75, 3.05) is 12.8 Å². The van der Waals surface area contributed by atoms with E-state index in [1.54, 1.807) is 25.3 Å². The van der Waals surface area contributed by atoms with Crippen molar-refractivity contribution in [3.8, 4) is 17.0 Å². The van der Waals surface area contributed by atoms with Gasteiger partial charge in [-0.3, -0.25) is 4.79 Å². The number of fused-ring (bicyclic) bond motifs is 1. The Balaban J connectivity index is 1.84. The fraction of sp³-hybridized carbons (Fsp3) is 0.333. The highest BCUT2D eigenvalue weighted by Crippen LogP contribution is 2.40. The van der Waals surface area contributed by atoms with Crippen LogP contribution in [0.15, 0.2) is 36.5 Å². The number of nitrogens with zero attached hydrogens (tertiary/aromatic N) is 3. The van der Waals surface area contributed by atoms with Crippen LogP contribution >= 0.6 is 0 Å². The number of carbonyl (C=O) groups is 1. The number of aryl methyl sites for hydroxylation is 1. The fourth-order valence-electron chi connectivity index (χ4n) is 4.67. The predicted molar refractivity (Wildman–Crippen MR) is 120 cm³/mol. The summed E-state index contributed by atoms with van der Waals surface area (Å²) in [6.45, 7) is 5.92. The normalized spacial score (nSPS) is 16.4. The first-order valence-corrected chi connectivity index (χ1v) is 10.5. The molecule has 1 aromatic carbocycles. The highest BCUT2D eigenvalue weighted by atomic mass is 19.1. The number of nitrogen functional groups attached to an aromatic ring is 1. The molecule has 0 saturated heterocycles. The lowest BCUT2D eigenvalue weighted by atomic mass is 9.76. The van der Waals surface area contributed by atoms with Crippen LogP contribution in [-0.2, 0) is 6.42 Å². The summed E-state index contributed by atoms with van der Waals surface area (Å²) in [6.07, 6.45) is 2.13. The molecule has 0 spiro atoms. The average molecular weight is 436 g/mol. The highest BCUT2D eigenvalue weighted by molar-refractivity contribution is 5.97. The van der Waals surface area contributed by atoms with Crippen LogP contribution in [0.5, 0.6) is 5.88 Å². The number of ether oxygens (including phenoxy) is 1. The molecule has 3 N–H and O–H groups in total. The molecule has 166 valence electrons. The van der Waals surface area contributed by atoms with Gasteiger partial charge in [0.15, 0.2) is 0 Å². The zero-order valence-corrected chi connectivity index (χ0v) is 18.5. The van der Waals surface area contributed by atoms with Gasteiger partial charge in [0, 0.05) is 30.1 Å². The Morgan fingerprint density at radius 1 is 1.22 bits per heavy atom. The number of aromatic nitrogens is 3. The van der Waals surface area contributed by atoms with Crippen molar-refractivity contribution in [2.45, 2.75) is 39.2 Å². The lowest BCUT2D eigenvalue weighted by Crippen LogP contribution is -2.47. The maximum Gasteiger partial charge on any atom is 0.255 e. The first kappa shape index (κ1) is 21.7. The molecule has 3 aromatic rings. The van der Waals surface area contributed by atoms with E-state index in [0.717, 1.165) is 5.56 Å². The number of anilines is 1. The molecule has 4 rings (SSSR count). The molecule has 0 aliphatic carbocycles. The summed E-state index contributed by atoms with van der Waals surface area (Å²) < 4.78 is 19.8. The van der Waals surface area contributed by atoms with E-state index < -0.39 is 0 Å². The van der Waals surface area contributed by atoms with Crippen LogP contribution in [0.4, 0.5) is 10.3 Å². The summed E-state index contributed by atoms with van der Waals surface area (Å²) in [7, 11) is 1.54. The zero-order valence-electron chi connectivity index (χ0n) is 18.5. The van der Waals surface area contributed by atoms with Gasteiger partial charge in [0.1, 0.15) is 5.82 Å². The smallest absolute Gasteiger partial charge is 0.255 e. The number of amides is 1. The Morgan fingerprint density at radius 2 is 2.00 bits per heavy atom. The maximum atomic E-state index is 14.4. The quantitative estimate of drug-likeness (QED) is 0.634. The number of hydrogen-bond acceptors (Lipinski definition) is 6. The number of nitrogens with two attached hydrogens (primary N) is 1. The molecule has 8 heteroatoms. The fourth-order valence-corrected chi connectivity index (χ4v) is 4.67. The molecule has 32 heavy (non-hydrogen) atoms. The van der Waals surface area contributed by atoms with E-state index >= 15 is 0 Å². The van der Waals surface area contributed by atoms with Crippen molar-refractivity contribution in [2.24, 2.45) is 5.92 Å². The van der Waals surface area contributed by atoms with Crippen molar-refractivity contribution in [3.05, 3.63) is 64.9 Å². The van der Waals surface area contributed by atoms with Crippen LogP contribution in [0.3, 0.4) is 0 Å². The number of hydrogen-bond donors (Lipinski definition) is 2. The minimum absolute atomic E-state index is 0.121. The zero-order chi connectivity index (χ0) is 23.0. The lowest BCUT2D eigenvalue weighted by Gasteiger charge is -2.36. The topological polar surface area (TPSA) is 103 Å². The molecule has 0 radical (unpaired) electrons. The first-order valence-electron chi connectivity index (χ1n) is 10.5. The second-order valence-electron chi connectivity index (χ2n) is 8.33. The van der Waals surface area contributed by atoms with Crippen LogP contribution in [0.25, 0.3) is 11.1 Å². The van der Waals surface area contributed by atoms with E-state index in [4.69, 9.17) is 10.5 Å². The summed E-state index contributed by atoms with van der Waals surface area (Å²) in [6, 6.07) is 8.11. The molecule has 7 nitrogen and oxygen atoms in total. The molecule has 0 saturated carbocycles. The Morgan fingerprint density at radius 3 is 2.72 bits per heavy atom. The van der Waals surface area contributed by atoms with Crippen LogP contribution in [-0.4, -0.2) is 34.0 Å². The third kappa shape index (κ3) is 3.88. The summed E-state index contributed by atoms with van der Waals surface area (Å²) >= 11 is 0. The van der Waals surface area contributed by atoms with Gasteiger partial charge in [-0.05, 0) is 48.2 Å². The molecule has 1 aliphatic heterocycles. The highest BCUT2D eigenvalue weighted by Gasteiger charge is 2.36. The van der Waals surface area contributed by atoms with Gasteiger partial charge in [-0.15, -0.1) is 0 Å². The van der Waals surface area contributed by atoms with Crippen LogP contribution in [0.2, 0.25) is 0 Å². The van der Waals surface area contributed by atoms with E-state index in [1.165, 1.54) is 19.2 Å². The third-order valence-corrected chi connectivity index (χ3v) is 5.92. The Bertz CT molecular complexity index is 1180. The molecular weight excluding hydrogens is 409 g/mol. The van der Waals surface area contributed by atoms with Gasteiger partial charge >= 0.3 is 0 Å². The minimum Gasteiger partial charge on any atom is -0.481 e. The minimum atomic E-state index is -0.355. The van der Waals surface area contributed by atoms with Gasteiger partial charge in [0.25, 0.3) is 5.91 Å². The van der Waals surface area contributed by atoms with E-state index in [2.05, 4.69) is 34.1 Å². The SMILES string of the molecule is COc1ncccc1-c1cc(F)ccc1[C@@H](C(C)C)C1Cc2nc(N)nc(C)c2C(=O)N1. The molecular formula is C24H26FN5O2. The van der Waals surface area contributed by atoms with Gasteiger partial charge in [-0.1, -0.05) is 19.9 Å². The summed E-state index contributed by atoms with van der Waals surface area (Å²) in [4.78, 5) is 25.7. The summed E-state index contributed by atoms with van der Waals surface area (Å²) in [5.41, 5.74) is 9.81. The lowest BCUT2D eigenvalue weighted by molar-refractivity contribution is 0.0909. The standard InChI is InChI=1S/C24H26FN5O2/c1-12(2)20(18-11-19-21(22(31)29-18)13(3)28-24(26)30-19)15-8-7-14(25)10-17(15)16-6-5-9-27-23(16)32-4/h5-10,12,18,20H,11H2,1-4H3,(H,29,31)(H2,26,28,30)/t18?,20-/m1/s1. The second kappa shape index (κ2) is 8.53. The van der Waals surface area contributed by atoms with E-state index in [0.29, 0.717) is 40.4 Å². The summed E-state index contributed by atoms with van der Waals surface area (Å²) in [5.74, 6) is 0.000786. The van der Waals surface area contributed by atoms with Crippen molar-refractivity contribution in [1.82, 2.24) is 20.3 Å². The molecule has 2 atom stereocenters. The van der Waals surface area contributed by atoms with Gasteiger partial charge in [0.05, 0.1) is 24.1 Å². The largest absolute Gasteiger partial charge is 0.481 e. The van der Waals surface area contributed by atoms with Crippen molar-refractivity contribution in [1.29, 1.82) is 0 Å². The number of methoxy groups -OCH3 is 1. The molecule has 1 amide bonds. The summed E-state index contributed by atoms with van der Waals surface area (Å²) in [5, 5.41) is 3.13. The predicted octanol–water partition coefficient (Wildman–Crippen LogP) is 3.67. The van der Waals surface area contributed by atoms with E-state index in [1.807, 2.05) is 6.07 Å². The first-order chi connectivity index (χ1) is 15.3. The number of benzene rings is 1. The maximum absolute atomic E-state index is 14.4. The van der Waals surface area contributed by atoms with Crippen LogP contribution in [0.1, 0.15) is 47.1 Å². The van der Waals surface area contributed by atoms with Crippen LogP contribution < -0.4 is 15.8 Å². The van der Waals surface area contributed by atoms with Gasteiger partial charge < -0.3 is 15.8 Å². The Kier molecular flexibility index (Phi) is 5.78. The molecule has 1 unspecified atom stereocenters. The third-order valence-electron chi connectivity index (χ3n) is 5.92. The van der Waals surface area contributed by atoms with E-state index in [-0.39, 0.29) is 35.6 Å². The van der Waals surface area contributed by atoms with Gasteiger partial charge in [0.2, 0.25) is 11.8 Å². The van der Waals surface area contributed by atoms with Gasteiger partial charge in [-0.2, -0.15) is 0 Å².